The fourth-order valence-electron chi connectivity index (χ4n) is 1.31. The largest absolute Gasteiger partial charge is 0.401 e. The Labute approximate surface area is 114 Å². The van der Waals surface area contributed by atoms with Gasteiger partial charge in [-0.15, -0.1) is 11.3 Å². The van der Waals surface area contributed by atoms with Gasteiger partial charge in [0.25, 0.3) is 0 Å². The van der Waals surface area contributed by atoms with Crippen LogP contribution in [0.15, 0.2) is 5.38 Å². The van der Waals surface area contributed by atoms with E-state index in [0.717, 1.165) is 5.69 Å². The maximum Gasteiger partial charge on any atom is 0.401 e. The molecule has 1 aromatic rings. The second-order valence-corrected chi connectivity index (χ2v) is 6.25. The van der Waals surface area contributed by atoms with Crippen LogP contribution in [0, 0.1) is 0 Å². The summed E-state index contributed by atoms with van der Waals surface area (Å²) in [7, 11) is 0. The molecule has 0 unspecified atom stereocenters. The van der Waals surface area contributed by atoms with E-state index in [-0.39, 0.29) is 24.2 Å². The van der Waals surface area contributed by atoms with E-state index in [1.54, 1.807) is 0 Å². The van der Waals surface area contributed by atoms with Gasteiger partial charge in [-0.1, -0.05) is 20.8 Å². The summed E-state index contributed by atoms with van der Waals surface area (Å²) in [4.78, 5) is 15.8. The smallest absolute Gasteiger partial charge is 0.302 e. The highest BCUT2D eigenvalue weighted by molar-refractivity contribution is 7.09. The van der Waals surface area contributed by atoms with E-state index in [1.807, 2.05) is 26.2 Å². The van der Waals surface area contributed by atoms with Crippen LogP contribution < -0.4 is 5.32 Å². The van der Waals surface area contributed by atoms with Crippen molar-refractivity contribution in [1.29, 1.82) is 0 Å². The van der Waals surface area contributed by atoms with E-state index < -0.39 is 12.7 Å². The van der Waals surface area contributed by atoms with Crippen LogP contribution in [-0.4, -0.2) is 30.0 Å². The lowest BCUT2D eigenvalue weighted by Crippen LogP contribution is -2.33. The molecule has 3 nitrogen and oxygen atoms in total. The Balaban J connectivity index is 2.43. The predicted octanol–water partition coefficient (Wildman–Crippen LogP) is 2.70. The second-order valence-electron chi connectivity index (χ2n) is 5.31. The van der Waals surface area contributed by atoms with E-state index in [2.05, 4.69) is 10.3 Å². The van der Waals surface area contributed by atoms with Crippen LogP contribution in [-0.2, 0) is 16.6 Å². The van der Waals surface area contributed by atoms with Gasteiger partial charge in [0.2, 0.25) is 0 Å². The number of carbonyl (C=O) groups is 1. The van der Waals surface area contributed by atoms with Crippen LogP contribution in [0.2, 0.25) is 0 Å². The van der Waals surface area contributed by atoms with Crippen molar-refractivity contribution in [3.63, 3.8) is 0 Å². The van der Waals surface area contributed by atoms with Crippen LogP contribution in [0.1, 0.15) is 31.5 Å². The van der Waals surface area contributed by atoms with Crippen LogP contribution >= 0.6 is 11.3 Å². The molecule has 1 N–H and O–H groups in total. The Kier molecular flexibility index (Phi) is 5.09. The van der Waals surface area contributed by atoms with Crippen molar-refractivity contribution in [2.75, 3.05) is 13.1 Å². The number of nitrogens with one attached hydrogen (secondary N) is 1. The fraction of sp³-hybridized carbons (Fsp3) is 0.667. The molecule has 0 spiro atoms. The first-order valence-corrected chi connectivity index (χ1v) is 6.70. The maximum absolute atomic E-state index is 11.9. The first kappa shape index (κ1) is 16.1. The van der Waals surface area contributed by atoms with Gasteiger partial charge in [-0.05, 0) is 0 Å². The molecule has 0 bridgehead atoms. The molecule has 0 amide bonds. The standard InChI is InChI=1S/C12H17F3N2OS/c1-11(2,3)9-6-19-10(17-9)4-8(18)5-16-7-12(13,14)15/h6,16H,4-5,7H2,1-3H3. The number of rotatable bonds is 5. The molecule has 1 rings (SSSR count). The van der Waals surface area contributed by atoms with Crippen molar-refractivity contribution in [1.82, 2.24) is 10.3 Å². The highest BCUT2D eigenvalue weighted by Gasteiger charge is 2.26. The van der Waals surface area contributed by atoms with E-state index in [9.17, 15) is 18.0 Å². The number of hydrogen-bond acceptors (Lipinski definition) is 4. The van der Waals surface area contributed by atoms with Crippen molar-refractivity contribution in [2.45, 2.75) is 38.8 Å². The highest BCUT2D eigenvalue weighted by atomic mass is 32.1. The molecule has 0 aliphatic heterocycles. The topological polar surface area (TPSA) is 42.0 Å². The van der Waals surface area contributed by atoms with Gasteiger partial charge in [0.1, 0.15) is 5.01 Å². The second kappa shape index (κ2) is 6.00. The van der Waals surface area contributed by atoms with E-state index >= 15 is 0 Å². The number of ketones is 1. The summed E-state index contributed by atoms with van der Waals surface area (Å²) in [6.45, 7) is 4.60. The van der Waals surface area contributed by atoms with Crippen molar-refractivity contribution >= 4 is 17.1 Å². The van der Waals surface area contributed by atoms with Gasteiger partial charge in [-0.25, -0.2) is 4.98 Å². The summed E-state index contributed by atoms with van der Waals surface area (Å²) in [6, 6.07) is 0. The summed E-state index contributed by atoms with van der Waals surface area (Å²) >= 11 is 1.36. The quantitative estimate of drug-likeness (QED) is 0.908. The molecule has 0 aliphatic rings. The van der Waals surface area contributed by atoms with Gasteiger partial charge in [-0.3, -0.25) is 4.79 Å². The molecule has 0 atom stereocenters. The van der Waals surface area contributed by atoms with Crippen LogP contribution in [0.3, 0.4) is 0 Å². The zero-order chi connectivity index (χ0) is 14.7. The van der Waals surface area contributed by atoms with E-state index in [0.29, 0.717) is 5.01 Å². The van der Waals surface area contributed by atoms with Gasteiger partial charge in [0.15, 0.2) is 5.78 Å². The van der Waals surface area contributed by atoms with Gasteiger partial charge in [0, 0.05) is 10.8 Å². The third kappa shape index (κ3) is 6.15. The van der Waals surface area contributed by atoms with Crippen molar-refractivity contribution < 1.29 is 18.0 Å². The normalized spacial score (nSPS) is 12.7. The van der Waals surface area contributed by atoms with Gasteiger partial charge < -0.3 is 5.32 Å². The van der Waals surface area contributed by atoms with Crippen LogP contribution in [0.4, 0.5) is 13.2 Å². The maximum atomic E-state index is 11.9. The minimum absolute atomic E-state index is 0.0750. The van der Waals surface area contributed by atoms with Crippen LogP contribution in [0.25, 0.3) is 0 Å². The number of hydrogen-bond donors (Lipinski definition) is 1. The molecule has 0 saturated carbocycles. The van der Waals surface area contributed by atoms with E-state index in [1.165, 1.54) is 11.3 Å². The molecule has 1 heterocycles. The number of carbonyl (C=O) groups excluding carboxylic acids is 1. The molecule has 0 aliphatic carbocycles. The first-order valence-electron chi connectivity index (χ1n) is 5.82. The lowest BCUT2D eigenvalue weighted by atomic mass is 9.93. The summed E-state index contributed by atoms with van der Waals surface area (Å²) in [5, 5.41) is 4.61. The third-order valence-electron chi connectivity index (χ3n) is 2.32. The minimum Gasteiger partial charge on any atom is -0.302 e. The Morgan fingerprint density at radius 1 is 1.37 bits per heavy atom. The average Bonchev–Trinajstić information content (AvgIpc) is 2.63. The van der Waals surface area contributed by atoms with Gasteiger partial charge >= 0.3 is 6.18 Å². The van der Waals surface area contributed by atoms with Crippen LogP contribution in [0.5, 0.6) is 0 Å². The molecule has 0 aromatic carbocycles. The number of alkyl halides is 3. The van der Waals surface area contributed by atoms with Crippen molar-refractivity contribution in [3.8, 4) is 0 Å². The fourth-order valence-corrected chi connectivity index (χ4v) is 2.36. The summed E-state index contributed by atoms with van der Waals surface area (Å²) in [5.41, 5.74) is 0.801. The Hall–Kier alpha value is -0.950. The Bertz CT molecular complexity index is 435. The lowest BCUT2D eigenvalue weighted by Gasteiger charge is -2.14. The molecule has 0 saturated heterocycles. The van der Waals surface area contributed by atoms with Gasteiger partial charge in [0.05, 0.1) is 25.2 Å². The SMILES string of the molecule is CC(C)(C)c1csc(CC(=O)CNCC(F)(F)F)n1. The number of thiazole rings is 1. The zero-order valence-electron chi connectivity index (χ0n) is 11.1. The molecular weight excluding hydrogens is 277 g/mol. The number of aromatic nitrogens is 1. The number of halogens is 3. The molecule has 108 valence electrons. The zero-order valence-corrected chi connectivity index (χ0v) is 11.9. The Morgan fingerprint density at radius 2 is 2.00 bits per heavy atom. The molecular formula is C12H17F3N2OS. The van der Waals surface area contributed by atoms with Crippen molar-refractivity contribution in [3.05, 3.63) is 16.1 Å². The van der Waals surface area contributed by atoms with Gasteiger partial charge in [-0.2, -0.15) is 13.2 Å². The third-order valence-corrected chi connectivity index (χ3v) is 3.16. The summed E-state index contributed by atoms with van der Waals surface area (Å²) in [5.74, 6) is -0.293. The molecule has 0 fully saturated rings. The minimum atomic E-state index is -4.29. The molecule has 19 heavy (non-hydrogen) atoms. The highest BCUT2D eigenvalue weighted by Crippen LogP contribution is 2.24. The number of nitrogens with zero attached hydrogens (tertiary/aromatic N) is 1. The molecule has 1 aromatic heterocycles. The summed E-state index contributed by atoms with van der Waals surface area (Å²) in [6.07, 6.45) is -4.22. The average molecular weight is 294 g/mol. The van der Waals surface area contributed by atoms with Crippen molar-refractivity contribution in [2.24, 2.45) is 0 Å². The Morgan fingerprint density at radius 3 is 2.47 bits per heavy atom. The van der Waals surface area contributed by atoms with E-state index in [4.69, 9.17) is 0 Å². The lowest BCUT2D eigenvalue weighted by molar-refractivity contribution is -0.127. The predicted molar refractivity (Wildman–Crippen MR) is 68.4 cm³/mol. The molecule has 7 heteroatoms. The number of Topliss-reactive ketones (excluding diaryl/α,β-unsaturated/α-hetero) is 1. The first-order chi connectivity index (χ1) is 8.58. The molecule has 0 radical (unpaired) electrons. The monoisotopic (exact) mass is 294 g/mol. The summed E-state index contributed by atoms with van der Waals surface area (Å²) < 4.78 is 35.7.